The van der Waals surface area contributed by atoms with Crippen LogP contribution < -0.4 is 0 Å². The highest BCUT2D eigenvalue weighted by atomic mass is 79.9. The van der Waals surface area contributed by atoms with Crippen LogP contribution in [-0.2, 0) is 0 Å². The SMILES string of the molecule is CC(Br)Br.Oc1ccccc1. The van der Waals surface area contributed by atoms with E-state index in [9.17, 15) is 0 Å². The number of hydrogen-bond donors (Lipinski definition) is 1. The standard InChI is InChI=1S/C6H6O.C2H4Br2/c7-6-4-2-1-3-5-6;1-2(3)4/h1-5,7H;2H,1H3. The Morgan fingerprint density at radius 1 is 1.18 bits per heavy atom. The second-order valence-electron chi connectivity index (χ2n) is 1.85. The van der Waals surface area contributed by atoms with Crippen LogP contribution >= 0.6 is 31.9 Å². The first-order chi connectivity index (χ1) is 5.13. The summed E-state index contributed by atoms with van der Waals surface area (Å²) in [6, 6.07) is 8.71. The van der Waals surface area contributed by atoms with Gasteiger partial charge < -0.3 is 5.11 Å². The second-order valence-corrected chi connectivity index (χ2v) is 5.83. The Balaban J connectivity index is 0.000000218. The van der Waals surface area contributed by atoms with Crippen LogP contribution in [0.2, 0.25) is 0 Å². The molecule has 0 amide bonds. The Morgan fingerprint density at radius 2 is 1.55 bits per heavy atom. The van der Waals surface area contributed by atoms with Gasteiger partial charge in [0.2, 0.25) is 0 Å². The van der Waals surface area contributed by atoms with Gasteiger partial charge in [0.15, 0.2) is 0 Å². The van der Waals surface area contributed by atoms with Gasteiger partial charge in [-0.05, 0) is 19.1 Å². The fraction of sp³-hybridized carbons (Fsp3) is 0.250. The van der Waals surface area contributed by atoms with E-state index in [0.29, 0.717) is 9.49 Å². The van der Waals surface area contributed by atoms with Crippen LogP contribution in [0.1, 0.15) is 6.92 Å². The second kappa shape index (κ2) is 6.68. The summed E-state index contributed by atoms with van der Waals surface area (Å²) in [7, 11) is 0. The van der Waals surface area contributed by atoms with Crippen LogP contribution in [0.15, 0.2) is 30.3 Å². The van der Waals surface area contributed by atoms with Gasteiger partial charge in [-0.1, -0.05) is 50.1 Å². The topological polar surface area (TPSA) is 20.2 Å². The van der Waals surface area contributed by atoms with Crippen LogP contribution in [0.25, 0.3) is 0 Å². The van der Waals surface area contributed by atoms with Crippen molar-refractivity contribution in [3.05, 3.63) is 30.3 Å². The third-order valence-electron chi connectivity index (χ3n) is 0.756. The first kappa shape index (κ1) is 11.0. The minimum absolute atomic E-state index is 0.322. The monoisotopic (exact) mass is 280 g/mol. The summed E-state index contributed by atoms with van der Waals surface area (Å²) in [6.45, 7) is 2.00. The molecule has 0 aliphatic rings. The maximum atomic E-state index is 8.63. The Hall–Kier alpha value is -0.0200. The van der Waals surface area contributed by atoms with Crippen molar-refractivity contribution < 1.29 is 5.11 Å². The molecular weight excluding hydrogens is 272 g/mol. The smallest absolute Gasteiger partial charge is 0.115 e. The fourth-order valence-electron chi connectivity index (χ4n) is 0.428. The number of alkyl halides is 2. The molecule has 0 aliphatic heterocycles. The molecule has 1 N–H and O–H groups in total. The third kappa shape index (κ3) is 9.98. The molecule has 0 bridgehead atoms. The lowest BCUT2D eigenvalue weighted by atomic mass is 10.3. The average Bonchev–Trinajstić information content (AvgIpc) is 1.87. The van der Waals surface area contributed by atoms with E-state index in [1.807, 2.05) is 13.0 Å². The lowest BCUT2D eigenvalue weighted by molar-refractivity contribution is 0.475. The predicted octanol–water partition coefficient (Wildman–Crippen LogP) is 3.51. The highest BCUT2D eigenvalue weighted by molar-refractivity contribution is 9.24. The molecule has 0 saturated carbocycles. The zero-order valence-corrected chi connectivity index (χ0v) is 9.34. The summed E-state index contributed by atoms with van der Waals surface area (Å²) in [6.07, 6.45) is 0. The number of rotatable bonds is 0. The Labute approximate surface area is 83.7 Å². The van der Waals surface area contributed by atoms with Crippen LogP contribution in [0.3, 0.4) is 0 Å². The highest BCUT2D eigenvalue weighted by Gasteiger charge is 1.75. The summed E-state index contributed by atoms with van der Waals surface area (Å²) in [4.78, 5) is 0. The Morgan fingerprint density at radius 3 is 1.73 bits per heavy atom. The molecule has 0 unspecified atom stereocenters. The Kier molecular flexibility index (Phi) is 6.66. The highest BCUT2D eigenvalue weighted by Crippen LogP contribution is 2.03. The van der Waals surface area contributed by atoms with Crippen molar-refractivity contribution in [2.24, 2.45) is 0 Å². The van der Waals surface area contributed by atoms with E-state index in [1.165, 1.54) is 0 Å². The van der Waals surface area contributed by atoms with E-state index >= 15 is 0 Å². The molecule has 0 atom stereocenters. The minimum atomic E-state index is 0.322. The zero-order valence-electron chi connectivity index (χ0n) is 6.17. The van der Waals surface area contributed by atoms with Crippen molar-refractivity contribution in [2.45, 2.75) is 10.7 Å². The van der Waals surface area contributed by atoms with Gasteiger partial charge in [-0.2, -0.15) is 0 Å². The summed E-state index contributed by atoms with van der Waals surface area (Å²) in [5.41, 5.74) is 0. The summed E-state index contributed by atoms with van der Waals surface area (Å²) in [5, 5.41) is 8.63. The largest absolute Gasteiger partial charge is 0.508 e. The van der Waals surface area contributed by atoms with Gasteiger partial charge in [0.25, 0.3) is 0 Å². The number of benzene rings is 1. The lowest BCUT2D eigenvalue weighted by Crippen LogP contribution is -1.60. The lowest BCUT2D eigenvalue weighted by Gasteiger charge is -1.82. The van der Waals surface area contributed by atoms with Gasteiger partial charge in [0.05, 0.1) is 3.74 Å². The maximum absolute atomic E-state index is 8.63. The average molecular weight is 282 g/mol. The zero-order chi connectivity index (χ0) is 8.69. The number of halogens is 2. The van der Waals surface area contributed by atoms with Crippen molar-refractivity contribution in [1.29, 1.82) is 0 Å². The quantitative estimate of drug-likeness (QED) is 0.722. The number of hydrogen-bond acceptors (Lipinski definition) is 1. The summed E-state index contributed by atoms with van der Waals surface area (Å²) < 4.78 is 0.458. The van der Waals surface area contributed by atoms with E-state index in [1.54, 1.807) is 24.3 Å². The van der Waals surface area contributed by atoms with E-state index in [2.05, 4.69) is 31.9 Å². The molecular formula is C8H10Br2O. The molecule has 0 spiro atoms. The molecule has 1 aromatic carbocycles. The first-order valence-corrected chi connectivity index (χ1v) is 4.98. The maximum Gasteiger partial charge on any atom is 0.115 e. The molecule has 0 radical (unpaired) electrons. The molecule has 3 heteroatoms. The molecule has 11 heavy (non-hydrogen) atoms. The molecule has 0 heterocycles. The van der Waals surface area contributed by atoms with Crippen molar-refractivity contribution in [3.8, 4) is 5.75 Å². The van der Waals surface area contributed by atoms with Crippen LogP contribution in [0.4, 0.5) is 0 Å². The van der Waals surface area contributed by atoms with E-state index in [0.717, 1.165) is 0 Å². The Bertz CT molecular complexity index is 172. The number of phenols is 1. The van der Waals surface area contributed by atoms with Crippen LogP contribution in [0.5, 0.6) is 5.75 Å². The van der Waals surface area contributed by atoms with Crippen molar-refractivity contribution >= 4 is 31.9 Å². The van der Waals surface area contributed by atoms with E-state index in [-0.39, 0.29) is 0 Å². The van der Waals surface area contributed by atoms with Crippen molar-refractivity contribution in [1.82, 2.24) is 0 Å². The third-order valence-corrected chi connectivity index (χ3v) is 0.756. The number of phenolic OH excluding ortho intramolecular Hbond substituents is 1. The molecule has 1 rings (SSSR count). The molecule has 1 nitrogen and oxygen atoms in total. The first-order valence-electron chi connectivity index (χ1n) is 3.15. The van der Waals surface area contributed by atoms with E-state index < -0.39 is 0 Å². The normalized spacial score (nSPS) is 8.73. The van der Waals surface area contributed by atoms with Crippen LogP contribution in [0, 0.1) is 0 Å². The van der Waals surface area contributed by atoms with Gasteiger partial charge in [-0.15, -0.1) is 0 Å². The van der Waals surface area contributed by atoms with E-state index in [4.69, 9.17) is 5.11 Å². The molecule has 0 saturated heterocycles. The number of aromatic hydroxyl groups is 1. The van der Waals surface area contributed by atoms with Crippen LogP contribution in [-0.4, -0.2) is 8.84 Å². The summed E-state index contributed by atoms with van der Waals surface area (Å²) in [5.74, 6) is 0.322. The molecule has 1 aromatic rings. The van der Waals surface area contributed by atoms with Gasteiger partial charge in [0.1, 0.15) is 5.75 Å². The van der Waals surface area contributed by atoms with Gasteiger partial charge in [-0.3, -0.25) is 0 Å². The minimum Gasteiger partial charge on any atom is -0.508 e. The van der Waals surface area contributed by atoms with Gasteiger partial charge in [-0.25, -0.2) is 0 Å². The van der Waals surface area contributed by atoms with Crippen molar-refractivity contribution in [2.75, 3.05) is 0 Å². The van der Waals surface area contributed by atoms with Gasteiger partial charge in [0, 0.05) is 0 Å². The van der Waals surface area contributed by atoms with Gasteiger partial charge >= 0.3 is 0 Å². The van der Waals surface area contributed by atoms with Crippen molar-refractivity contribution in [3.63, 3.8) is 0 Å². The summed E-state index contributed by atoms with van der Waals surface area (Å²) >= 11 is 6.38. The fourth-order valence-corrected chi connectivity index (χ4v) is 0.428. The predicted molar refractivity (Wildman–Crippen MR) is 55.4 cm³/mol. The molecule has 0 aliphatic carbocycles. The molecule has 0 fully saturated rings. The molecule has 0 aromatic heterocycles. The molecule has 62 valence electrons. The number of para-hydroxylation sites is 1.